The van der Waals surface area contributed by atoms with E-state index in [0.29, 0.717) is 16.5 Å². The van der Waals surface area contributed by atoms with Gasteiger partial charge in [-0.1, -0.05) is 23.7 Å². The van der Waals surface area contributed by atoms with Gasteiger partial charge in [-0.15, -0.1) is 0 Å². The number of hydrogen-bond donors (Lipinski definition) is 0. The van der Waals surface area contributed by atoms with E-state index in [1.54, 1.807) is 49.6 Å². The van der Waals surface area contributed by atoms with Crippen molar-refractivity contribution in [3.63, 3.8) is 0 Å². The van der Waals surface area contributed by atoms with E-state index in [-0.39, 0.29) is 17.4 Å². The van der Waals surface area contributed by atoms with E-state index in [4.69, 9.17) is 16.3 Å². The Morgan fingerprint density at radius 1 is 0.966 bits per heavy atom. The first kappa shape index (κ1) is 18.9. The van der Waals surface area contributed by atoms with Gasteiger partial charge < -0.3 is 4.74 Å². The number of benzene rings is 3. The van der Waals surface area contributed by atoms with Crippen molar-refractivity contribution < 1.29 is 13.9 Å². The van der Waals surface area contributed by atoms with E-state index >= 15 is 0 Å². The smallest absolute Gasteiger partial charge is 0.282 e. The summed E-state index contributed by atoms with van der Waals surface area (Å²) in [4.78, 5) is 19.2. The number of aliphatic imine (C=N–C) groups is 1. The molecule has 0 radical (unpaired) electrons. The molecule has 0 bridgehead atoms. The Hall–Kier alpha value is -3.44. The molecule has 4 rings (SSSR count). The summed E-state index contributed by atoms with van der Waals surface area (Å²) in [6.45, 7) is 0. The topological polar surface area (TPSA) is 41.9 Å². The lowest BCUT2D eigenvalue weighted by Crippen LogP contribution is -2.32. The lowest BCUT2D eigenvalue weighted by Gasteiger charge is -2.18. The number of anilines is 1. The average Bonchev–Trinajstić information content (AvgIpc) is 3.06. The molecule has 0 aromatic heterocycles. The monoisotopic (exact) mass is 406 g/mol. The first-order valence-corrected chi connectivity index (χ1v) is 9.23. The van der Waals surface area contributed by atoms with Crippen molar-refractivity contribution in [3.8, 4) is 5.75 Å². The second-order valence-corrected chi connectivity index (χ2v) is 6.80. The number of rotatable bonds is 4. The zero-order chi connectivity index (χ0) is 20.4. The molecule has 0 saturated carbocycles. The van der Waals surface area contributed by atoms with Crippen LogP contribution in [0.2, 0.25) is 5.02 Å². The number of carbonyl (C=O) groups excluding carboxylic acids is 1. The molecule has 4 nitrogen and oxygen atoms in total. The molecular weight excluding hydrogens is 391 g/mol. The third kappa shape index (κ3) is 3.91. The first-order valence-electron chi connectivity index (χ1n) is 8.85. The highest BCUT2D eigenvalue weighted by Gasteiger charge is 2.32. The van der Waals surface area contributed by atoms with E-state index in [9.17, 15) is 9.18 Å². The highest BCUT2D eigenvalue weighted by Crippen LogP contribution is 2.28. The minimum absolute atomic E-state index is 0.282. The van der Waals surface area contributed by atoms with Gasteiger partial charge in [-0.3, -0.25) is 9.69 Å². The fraction of sp³-hybridized carbons (Fsp3) is 0.0435. The van der Waals surface area contributed by atoms with Crippen LogP contribution >= 0.6 is 11.6 Å². The number of nitrogens with zero attached hydrogens (tertiary/aromatic N) is 2. The van der Waals surface area contributed by atoms with E-state index in [2.05, 4.69) is 4.99 Å². The summed E-state index contributed by atoms with van der Waals surface area (Å²) in [7, 11) is 1.59. The molecule has 0 unspecified atom stereocenters. The van der Waals surface area contributed by atoms with E-state index in [0.717, 1.165) is 16.9 Å². The summed E-state index contributed by atoms with van der Waals surface area (Å²) < 4.78 is 18.6. The summed E-state index contributed by atoms with van der Waals surface area (Å²) in [6.07, 6.45) is 1.71. The second kappa shape index (κ2) is 7.89. The first-order chi connectivity index (χ1) is 14.0. The van der Waals surface area contributed by atoms with Crippen molar-refractivity contribution in [1.82, 2.24) is 0 Å². The summed E-state index contributed by atoms with van der Waals surface area (Å²) >= 11 is 5.99. The molecule has 0 spiro atoms. The van der Waals surface area contributed by atoms with Gasteiger partial charge in [-0.2, -0.15) is 0 Å². The molecule has 0 N–H and O–H groups in total. The SMILES string of the molecule is COc1ccc(/C=C2/N=C(c3ccc(Cl)cc3)N(c3ccc(F)cc3)C2=O)cc1. The molecule has 29 heavy (non-hydrogen) atoms. The normalized spacial score (nSPS) is 15.0. The van der Waals surface area contributed by atoms with Crippen LogP contribution in [0, 0.1) is 5.82 Å². The fourth-order valence-corrected chi connectivity index (χ4v) is 3.12. The van der Waals surface area contributed by atoms with Crippen molar-refractivity contribution in [2.24, 2.45) is 4.99 Å². The Kier molecular flexibility index (Phi) is 5.14. The largest absolute Gasteiger partial charge is 0.497 e. The number of amidine groups is 1. The predicted octanol–water partition coefficient (Wildman–Crippen LogP) is 5.32. The lowest BCUT2D eigenvalue weighted by atomic mass is 10.1. The maximum Gasteiger partial charge on any atom is 0.282 e. The summed E-state index contributed by atoms with van der Waals surface area (Å²) in [5.74, 6) is 0.512. The Morgan fingerprint density at radius 2 is 1.62 bits per heavy atom. The molecule has 0 atom stereocenters. The van der Waals surface area contributed by atoms with Gasteiger partial charge in [0.1, 0.15) is 23.1 Å². The van der Waals surface area contributed by atoms with Crippen LogP contribution in [0.4, 0.5) is 10.1 Å². The lowest BCUT2D eigenvalue weighted by molar-refractivity contribution is -0.113. The van der Waals surface area contributed by atoms with Crippen molar-refractivity contribution in [2.45, 2.75) is 0 Å². The molecule has 1 aliphatic rings. The van der Waals surface area contributed by atoms with Crippen LogP contribution in [0.3, 0.4) is 0 Å². The average molecular weight is 407 g/mol. The Bertz CT molecular complexity index is 1110. The molecule has 6 heteroatoms. The van der Waals surface area contributed by atoms with Gasteiger partial charge in [0.15, 0.2) is 0 Å². The van der Waals surface area contributed by atoms with Gasteiger partial charge in [-0.25, -0.2) is 9.38 Å². The molecule has 1 amide bonds. The van der Waals surface area contributed by atoms with E-state index < -0.39 is 0 Å². The number of methoxy groups -OCH3 is 1. The molecule has 144 valence electrons. The minimum Gasteiger partial charge on any atom is -0.497 e. The maximum absolute atomic E-state index is 13.4. The van der Waals surface area contributed by atoms with Gasteiger partial charge in [0.05, 0.1) is 12.8 Å². The maximum atomic E-state index is 13.4. The molecular formula is C23H16ClFN2O2. The molecule has 0 aliphatic carbocycles. The van der Waals surface area contributed by atoms with Crippen LogP contribution in [0.25, 0.3) is 6.08 Å². The minimum atomic E-state index is -0.376. The Morgan fingerprint density at radius 3 is 2.24 bits per heavy atom. The number of halogens is 2. The quantitative estimate of drug-likeness (QED) is 0.550. The Labute approximate surface area is 172 Å². The van der Waals surface area contributed by atoms with Gasteiger partial charge in [0, 0.05) is 10.6 Å². The summed E-state index contributed by atoms with van der Waals surface area (Å²) in [6, 6.07) is 20.1. The molecule has 1 heterocycles. The van der Waals surface area contributed by atoms with Crippen LogP contribution in [-0.2, 0) is 4.79 Å². The van der Waals surface area contributed by atoms with Crippen LogP contribution in [-0.4, -0.2) is 18.9 Å². The molecule has 0 saturated heterocycles. The zero-order valence-electron chi connectivity index (χ0n) is 15.5. The number of ether oxygens (including phenoxy) is 1. The van der Waals surface area contributed by atoms with Gasteiger partial charge in [0.25, 0.3) is 5.91 Å². The van der Waals surface area contributed by atoms with Crippen LogP contribution < -0.4 is 9.64 Å². The second-order valence-electron chi connectivity index (χ2n) is 6.36. The van der Waals surface area contributed by atoms with E-state index in [1.165, 1.54) is 17.0 Å². The predicted molar refractivity (Wildman–Crippen MR) is 113 cm³/mol. The third-order valence-electron chi connectivity index (χ3n) is 4.47. The van der Waals surface area contributed by atoms with E-state index in [1.807, 2.05) is 24.3 Å². The zero-order valence-corrected chi connectivity index (χ0v) is 16.2. The molecule has 0 fully saturated rings. The summed E-state index contributed by atoms with van der Waals surface area (Å²) in [5.41, 5.74) is 2.35. The standard InChI is InChI=1S/C23H16ClFN2O2/c1-29-20-12-2-15(3-13-20)14-21-23(28)27(19-10-8-18(25)9-11-19)22(26-21)16-4-6-17(24)7-5-16/h2-14H,1H3/b21-14+. The highest BCUT2D eigenvalue weighted by molar-refractivity contribution is 6.34. The van der Waals surface area contributed by atoms with Crippen LogP contribution in [0.5, 0.6) is 5.75 Å². The van der Waals surface area contributed by atoms with Gasteiger partial charge in [0.2, 0.25) is 0 Å². The third-order valence-corrected chi connectivity index (χ3v) is 4.72. The van der Waals surface area contributed by atoms with Crippen molar-refractivity contribution in [3.05, 3.63) is 100 Å². The van der Waals surface area contributed by atoms with Crippen molar-refractivity contribution in [2.75, 3.05) is 12.0 Å². The summed E-state index contributed by atoms with van der Waals surface area (Å²) in [5, 5.41) is 0.584. The highest BCUT2D eigenvalue weighted by atomic mass is 35.5. The van der Waals surface area contributed by atoms with Crippen LogP contribution in [0.15, 0.2) is 83.5 Å². The number of carbonyl (C=O) groups is 1. The number of hydrogen-bond acceptors (Lipinski definition) is 3. The molecule has 3 aromatic rings. The van der Waals surface area contributed by atoms with Gasteiger partial charge in [-0.05, 0) is 72.3 Å². The fourth-order valence-electron chi connectivity index (χ4n) is 3.00. The molecule has 3 aromatic carbocycles. The van der Waals surface area contributed by atoms with Crippen LogP contribution in [0.1, 0.15) is 11.1 Å². The van der Waals surface area contributed by atoms with Gasteiger partial charge >= 0.3 is 0 Å². The van der Waals surface area contributed by atoms with Crippen molar-refractivity contribution >= 4 is 35.1 Å². The van der Waals surface area contributed by atoms with Crippen molar-refractivity contribution in [1.29, 1.82) is 0 Å². The molecule has 1 aliphatic heterocycles. The Balaban J connectivity index is 1.78. The number of amides is 1.